The molecule has 1 aliphatic rings. The predicted octanol–water partition coefficient (Wildman–Crippen LogP) is 1.87. The van der Waals surface area contributed by atoms with E-state index in [1.807, 2.05) is 19.9 Å². The van der Waals surface area contributed by atoms with Gasteiger partial charge in [0.2, 0.25) is 0 Å². The molecule has 0 saturated carbocycles. The van der Waals surface area contributed by atoms with Crippen molar-refractivity contribution in [3.63, 3.8) is 0 Å². The number of imidazole rings is 1. The van der Waals surface area contributed by atoms with Crippen LogP contribution in [0.4, 0.5) is 5.82 Å². The van der Waals surface area contributed by atoms with Crippen molar-refractivity contribution in [1.82, 2.24) is 13.7 Å². The van der Waals surface area contributed by atoms with Gasteiger partial charge >= 0.3 is 0 Å². The Labute approximate surface area is 124 Å². The molecular formula is C14H20N4O2S. The summed E-state index contributed by atoms with van der Waals surface area (Å²) in [6.45, 7) is 3.90. The molecule has 2 aromatic rings. The fraction of sp³-hybridized carbons (Fsp3) is 0.500. The van der Waals surface area contributed by atoms with E-state index < -0.39 is 10.0 Å². The van der Waals surface area contributed by atoms with Crippen LogP contribution in [-0.2, 0) is 10.0 Å². The van der Waals surface area contributed by atoms with E-state index in [4.69, 9.17) is 5.73 Å². The average Bonchev–Trinajstić information content (AvgIpc) is 2.74. The number of rotatable bonds is 2. The summed E-state index contributed by atoms with van der Waals surface area (Å²) in [5, 5.41) is 0.0821. The number of nitrogens with two attached hydrogens (primary N) is 1. The number of sulfonamides is 1. The number of pyridine rings is 1. The van der Waals surface area contributed by atoms with Crippen LogP contribution in [0.5, 0.6) is 0 Å². The van der Waals surface area contributed by atoms with E-state index in [1.165, 1.54) is 0 Å². The number of fused-ring (bicyclic) bond motifs is 1. The average molecular weight is 308 g/mol. The second-order valence-corrected chi connectivity index (χ2v) is 7.45. The molecule has 21 heavy (non-hydrogen) atoms. The second kappa shape index (κ2) is 4.99. The molecule has 0 amide bonds. The van der Waals surface area contributed by atoms with Gasteiger partial charge in [-0.15, -0.1) is 0 Å². The maximum absolute atomic E-state index is 13.1. The first kappa shape index (κ1) is 14.3. The summed E-state index contributed by atoms with van der Waals surface area (Å²) < 4.78 is 29.3. The van der Waals surface area contributed by atoms with Gasteiger partial charge in [0.25, 0.3) is 10.0 Å². The maximum Gasteiger partial charge on any atom is 0.263 e. The van der Waals surface area contributed by atoms with Crippen molar-refractivity contribution in [3.8, 4) is 0 Å². The minimum atomic E-state index is -3.67. The number of hydrogen-bond acceptors (Lipinski definition) is 4. The molecular weight excluding hydrogens is 288 g/mol. The number of anilines is 1. The number of hydrogen-bond donors (Lipinski definition) is 1. The Kier molecular flexibility index (Phi) is 3.41. The Morgan fingerprint density at radius 1 is 1.24 bits per heavy atom. The summed E-state index contributed by atoms with van der Waals surface area (Å²) in [5.74, 6) is 0.0613. The molecule has 0 radical (unpaired) electrons. The molecule has 2 N–H and O–H groups in total. The first-order valence-corrected chi connectivity index (χ1v) is 8.63. The lowest BCUT2D eigenvalue weighted by Crippen LogP contribution is -2.47. The number of nitrogens with zero attached hydrogens (tertiary/aromatic N) is 3. The number of piperidine rings is 1. The van der Waals surface area contributed by atoms with E-state index in [2.05, 4.69) is 4.98 Å². The molecule has 1 fully saturated rings. The molecule has 3 rings (SSSR count). The van der Waals surface area contributed by atoms with E-state index in [0.717, 1.165) is 19.3 Å². The molecule has 0 aromatic carbocycles. The lowest BCUT2D eigenvalue weighted by atomic mass is 10.0. The van der Waals surface area contributed by atoms with E-state index in [-0.39, 0.29) is 22.9 Å². The second-order valence-electron chi connectivity index (χ2n) is 5.69. The van der Waals surface area contributed by atoms with Gasteiger partial charge in [-0.1, -0.05) is 12.5 Å². The van der Waals surface area contributed by atoms with Gasteiger partial charge in [0.15, 0.2) is 10.8 Å². The van der Waals surface area contributed by atoms with Gasteiger partial charge in [0.1, 0.15) is 5.65 Å². The predicted molar refractivity (Wildman–Crippen MR) is 81.4 cm³/mol. The Hall–Kier alpha value is -1.60. The van der Waals surface area contributed by atoms with Crippen LogP contribution in [0.2, 0.25) is 0 Å². The first-order valence-electron chi connectivity index (χ1n) is 7.19. The van der Waals surface area contributed by atoms with Crippen LogP contribution in [0.15, 0.2) is 29.4 Å². The molecule has 7 heteroatoms. The lowest BCUT2D eigenvalue weighted by Gasteiger charge is -2.37. The van der Waals surface area contributed by atoms with Crippen LogP contribution in [0.1, 0.15) is 33.1 Å². The van der Waals surface area contributed by atoms with Crippen molar-refractivity contribution >= 4 is 21.5 Å². The van der Waals surface area contributed by atoms with Gasteiger partial charge in [-0.2, -0.15) is 4.31 Å². The Morgan fingerprint density at radius 3 is 2.57 bits per heavy atom. The Balaban J connectivity index is 2.18. The minimum absolute atomic E-state index is 0.0209. The van der Waals surface area contributed by atoms with Crippen LogP contribution < -0.4 is 5.73 Å². The molecule has 114 valence electrons. The summed E-state index contributed by atoms with van der Waals surface area (Å²) in [6.07, 6.45) is 4.49. The smallest absolute Gasteiger partial charge is 0.263 e. The van der Waals surface area contributed by atoms with Crippen molar-refractivity contribution in [2.24, 2.45) is 0 Å². The van der Waals surface area contributed by atoms with Crippen molar-refractivity contribution in [1.29, 1.82) is 0 Å². The molecule has 1 saturated heterocycles. The summed E-state index contributed by atoms with van der Waals surface area (Å²) in [6, 6.07) is 5.29. The van der Waals surface area contributed by atoms with Crippen molar-refractivity contribution in [2.75, 3.05) is 5.73 Å². The molecule has 1 aliphatic heterocycles. The zero-order valence-electron chi connectivity index (χ0n) is 12.2. The van der Waals surface area contributed by atoms with Crippen molar-refractivity contribution < 1.29 is 8.42 Å². The third kappa shape index (κ3) is 2.20. The minimum Gasteiger partial charge on any atom is -0.381 e. The Morgan fingerprint density at radius 2 is 1.90 bits per heavy atom. The molecule has 0 bridgehead atoms. The molecule has 2 unspecified atom stereocenters. The van der Waals surface area contributed by atoms with E-state index in [1.54, 1.807) is 27.0 Å². The van der Waals surface area contributed by atoms with Gasteiger partial charge in [-0.05, 0) is 38.8 Å². The maximum atomic E-state index is 13.1. The normalized spacial score (nSPS) is 24.5. The highest BCUT2D eigenvalue weighted by Crippen LogP contribution is 2.32. The number of nitrogen functional groups attached to an aromatic ring is 1. The summed E-state index contributed by atoms with van der Waals surface area (Å²) in [4.78, 5) is 4.16. The standard InChI is InChI=1S/C14H20N4O2S/c1-10-6-5-7-11(2)18(10)21(19,20)14-13(15)16-12-8-3-4-9-17(12)14/h3-4,8-11H,5-7,15H2,1-2H3. The van der Waals surface area contributed by atoms with E-state index in [0.29, 0.717) is 5.65 Å². The van der Waals surface area contributed by atoms with Crippen LogP contribution in [0.25, 0.3) is 5.65 Å². The van der Waals surface area contributed by atoms with Crippen molar-refractivity contribution in [3.05, 3.63) is 24.4 Å². The van der Waals surface area contributed by atoms with Gasteiger partial charge in [0.05, 0.1) is 0 Å². The quantitative estimate of drug-likeness (QED) is 0.918. The summed E-state index contributed by atoms with van der Waals surface area (Å²) >= 11 is 0. The molecule has 2 atom stereocenters. The Bertz CT molecular complexity index is 758. The highest BCUT2D eigenvalue weighted by molar-refractivity contribution is 7.89. The molecule has 3 heterocycles. The molecule has 0 spiro atoms. The van der Waals surface area contributed by atoms with Gasteiger partial charge in [0, 0.05) is 18.3 Å². The van der Waals surface area contributed by atoms with Crippen molar-refractivity contribution in [2.45, 2.75) is 50.2 Å². The third-order valence-electron chi connectivity index (χ3n) is 4.15. The molecule has 0 aliphatic carbocycles. The van der Waals surface area contributed by atoms with Crippen LogP contribution in [0.3, 0.4) is 0 Å². The summed E-state index contributed by atoms with van der Waals surface area (Å²) in [5.41, 5.74) is 6.45. The fourth-order valence-corrected chi connectivity index (χ4v) is 5.29. The zero-order valence-corrected chi connectivity index (χ0v) is 13.0. The highest BCUT2D eigenvalue weighted by Gasteiger charge is 2.38. The van der Waals surface area contributed by atoms with E-state index in [9.17, 15) is 8.42 Å². The summed E-state index contributed by atoms with van der Waals surface area (Å²) in [7, 11) is -3.67. The zero-order chi connectivity index (χ0) is 15.2. The fourth-order valence-electron chi connectivity index (χ4n) is 3.22. The van der Waals surface area contributed by atoms with Crippen LogP contribution in [0, 0.1) is 0 Å². The topological polar surface area (TPSA) is 80.7 Å². The highest BCUT2D eigenvalue weighted by atomic mass is 32.2. The number of aromatic nitrogens is 2. The third-order valence-corrected chi connectivity index (χ3v) is 6.32. The molecule has 6 nitrogen and oxygen atoms in total. The largest absolute Gasteiger partial charge is 0.381 e. The molecule has 2 aromatic heterocycles. The van der Waals surface area contributed by atoms with Gasteiger partial charge in [-0.25, -0.2) is 13.4 Å². The SMILES string of the molecule is CC1CCCC(C)N1S(=O)(=O)c1c(N)nc2ccccn12. The van der Waals surface area contributed by atoms with E-state index >= 15 is 0 Å². The van der Waals surface area contributed by atoms with Crippen LogP contribution >= 0.6 is 0 Å². The van der Waals surface area contributed by atoms with Gasteiger partial charge in [-0.3, -0.25) is 4.40 Å². The lowest BCUT2D eigenvalue weighted by molar-refractivity contribution is 0.203. The van der Waals surface area contributed by atoms with Crippen LogP contribution in [-0.4, -0.2) is 34.2 Å². The monoisotopic (exact) mass is 308 g/mol. The first-order chi connectivity index (χ1) is 9.93. The van der Waals surface area contributed by atoms with Gasteiger partial charge < -0.3 is 5.73 Å².